The molecule has 2 N–H and O–H groups in total. The van der Waals surface area contributed by atoms with E-state index < -0.39 is 15.8 Å². The molecule has 0 aromatic heterocycles. The molecule has 0 radical (unpaired) electrons. The van der Waals surface area contributed by atoms with E-state index in [1.54, 1.807) is 24.3 Å². The van der Waals surface area contributed by atoms with Crippen LogP contribution in [0.4, 0.5) is 0 Å². The van der Waals surface area contributed by atoms with E-state index in [0.717, 1.165) is 12.0 Å². The first kappa shape index (κ1) is 15.7. The topological polar surface area (TPSA) is 69.6 Å². The molecule has 112 valence electrons. The molecule has 0 spiro atoms. The summed E-state index contributed by atoms with van der Waals surface area (Å²) >= 11 is 5.79. The third-order valence-corrected chi connectivity index (χ3v) is 5.31. The zero-order valence-electron chi connectivity index (χ0n) is 11.3. The summed E-state index contributed by atoms with van der Waals surface area (Å²) in [6, 6.07) is 7.02. The minimum absolute atomic E-state index is 0.0697. The molecule has 5 nitrogen and oxygen atoms in total. The minimum Gasteiger partial charge on any atom is -0.389 e. The highest BCUT2D eigenvalue weighted by Gasteiger charge is 2.35. The average molecular weight is 319 g/mol. The highest BCUT2D eigenvalue weighted by molar-refractivity contribution is 7.87. The molecule has 20 heavy (non-hydrogen) atoms. The van der Waals surface area contributed by atoms with Crippen LogP contribution in [0.3, 0.4) is 0 Å². The molecular formula is C13H19ClN2O3S. The molecule has 1 aliphatic carbocycles. The molecule has 1 saturated carbocycles. The monoisotopic (exact) mass is 318 g/mol. The van der Waals surface area contributed by atoms with Crippen LogP contribution >= 0.6 is 11.6 Å². The van der Waals surface area contributed by atoms with Crippen LogP contribution in [0, 0.1) is 0 Å². The lowest BCUT2D eigenvalue weighted by atomic mass is 9.81. The van der Waals surface area contributed by atoms with Crippen LogP contribution in [0.25, 0.3) is 0 Å². The number of halogens is 1. The standard InChI is InChI=1S/C13H19ClN2O3S/c1-16(9-11-3-5-12(14)6-4-11)20(18,19)15-10-13(17)7-2-8-13/h3-6,15,17H,2,7-10H2,1H3. The third kappa shape index (κ3) is 3.93. The van der Waals surface area contributed by atoms with Crippen molar-refractivity contribution in [2.75, 3.05) is 13.6 Å². The van der Waals surface area contributed by atoms with Crippen LogP contribution in [0.5, 0.6) is 0 Å². The fraction of sp³-hybridized carbons (Fsp3) is 0.538. The van der Waals surface area contributed by atoms with Gasteiger partial charge in [0.25, 0.3) is 10.2 Å². The summed E-state index contributed by atoms with van der Waals surface area (Å²) in [5, 5.41) is 10.5. The second kappa shape index (κ2) is 5.99. The Morgan fingerprint density at radius 1 is 1.35 bits per heavy atom. The summed E-state index contributed by atoms with van der Waals surface area (Å²) in [6.45, 7) is 0.325. The Kier molecular flexibility index (Phi) is 4.71. The second-order valence-electron chi connectivity index (χ2n) is 5.29. The Hall–Kier alpha value is -0.660. The molecule has 7 heteroatoms. The van der Waals surface area contributed by atoms with E-state index in [2.05, 4.69) is 4.72 Å². The number of aliphatic hydroxyl groups is 1. The lowest BCUT2D eigenvalue weighted by Gasteiger charge is -2.36. The van der Waals surface area contributed by atoms with Crippen LogP contribution in [-0.2, 0) is 16.8 Å². The summed E-state index contributed by atoms with van der Waals surface area (Å²) < 4.78 is 27.8. The smallest absolute Gasteiger partial charge is 0.279 e. The van der Waals surface area contributed by atoms with Gasteiger partial charge < -0.3 is 5.11 Å². The molecule has 2 rings (SSSR count). The van der Waals surface area contributed by atoms with E-state index in [1.807, 2.05) is 0 Å². The van der Waals surface area contributed by atoms with Gasteiger partial charge in [-0.3, -0.25) is 0 Å². The van der Waals surface area contributed by atoms with Crippen molar-refractivity contribution in [1.82, 2.24) is 9.03 Å². The molecule has 0 heterocycles. The van der Waals surface area contributed by atoms with Crippen molar-refractivity contribution in [3.63, 3.8) is 0 Å². The van der Waals surface area contributed by atoms with Gasteiger partial charge >= 0.3 is 0 Å². The molecule has 0 bridgehead atoms. The minimum atomic E-state index is -3.59. The van der Waals surface area contributed by atoms with E-state index in [4.69, 9.17) is 11.6 Å². The van der Waals surface area contributed by atoms with E-state index in [9.17, 15) is 13.5 Å². The van der Waals surface area contributed by atoms with Gasteiger partial charge in [-0.15, -0.1) is 0 Å². The van der Waals surface area contributed by atoms with Crippen molar-refractivity contribution < 1.29 is 13.5 Å². The van der Waals surface area contributed by atoms with Crippen LogP contribution in [0.1, 0.15) is 24.8 Å². The first-order chi connectivity index (χ1) is 9.31. The van der Waals surface area contributed by atoms with Gasteiger partial charge in [-0.05, 0) is 37.0 Å². The largest absolute Gasteiger partial charge is 0.389 e. The lowest BCUT2D eigenvalue weighted by Crippen LogP contribution is -2.50. The number of rotatable bonds is 6. The molecule has 0 saturated heterocycles. The maximum atomic E-state index is 12.1. The van der Waals surface area contributed by atoms with Crippen LogP contribution in [0.15, 0.2) is 24.3 Å². The fourth-order valence-electron chi connectivity index (χ4n) is 2.03. The Bertz CT molecular complexity index is 555. The number of hydrogen-bond donors (Lipinski definition) is 2. The Morgan fingerprint density at radius 3 is 2.45 bits per heavy atom. The van der Waals surface area contributed by atoms with Crippen LogP contribution in [0.2, 0.25) is 5.02 Å². The molecule has 1 fully saturated rings. The van der Waals surface area contributed by atoms with Crippen molar-refractivity contribution in [2.45, 2.75) is 31.4 Å². The average Bonchev–Trinajstić information content (AvgIpc) is 2.37. The highest BCUT2D eigenvalue weighted by Crippen LogP contribution is 2.30. The molecule has 0 unspecified atom stereocenters. The van der Waals surface area contributed by atoms with Gasteiger partial charge in [0.05, 0.1) is 5.60 Å². The van der Waals surface area contributed by atoms with Crippen molar-refractivity contribution in [1.29, 1.82) is 0 Å². The van der Waals surface area contributed by atoms with Crippen LogP contribution < -0.4 is 4.72 Å². The SMILES string of the molecule is CN(Cc1ccc(Cl)cc1)S(=O)(=O)NCC1(O)CCC1. The second-order valence-corrected chi connectivity index (χ2v) is 7.59. The summed E-state index contributed by atoms with van der Waals surface area (Å²) in [4.78, 5) is 0. The summed E-state index contributed by atoms with van der Waals surface area (Å²) in [5.74, 6) is 0. The van der Waals surface area contributed by atoms with Gasteiger partial charge in [0.1, 0.15) is 0 Å². The van der Waals surface area contributed by atoms with Gasteiger partial charge in [0.2, 0.25) is 0 Å². The van der Waals surface area contributed by atoms with E-state index in [0.29, 0.717) is 17.9 Å². The fourth-order valence-corrected chi connectivity index (χ4v) is 3.15. The van der Waals surface area contributed by atoms with E-state index >= 15 is 0 Å². The molecule has 1 aliphatic rings. The molecule has 1 aromatic rings. The quantitative estimate of drug-likeness (QED) is 0.835. The highest BCUT2D eigenvalue weighted by atomic mass is 35.5. The molecule has 0 amide bonds. The number of hydrogen-bond acceptors (Lipinski definition) is 3. The lowest BCUT2D eigenvalue weighted by molar-refractivity contribution is -0.0273. The summed E-state index contributed by atoms with van der Waals surface area (Å²) in [5.41, 5.74) is -0.0154. The van der Waals surface area contributed by atoms with Gasteiger partial charge in [-0.1, -0.05) is 23.7 Å². The number of nitrogens with zero attached hydrogens (tertiary/aromatic N) is 1. The first-order valence-electron chi connectivity index (χ1n) is 6.49. The molecule has 0 atom stereocenters. The zero-order valence-corrected chi connectivity index (χ0v) is 12.9. The maximum Gasteiger partial charge on any atom is 0.279 e. The first-order valence-corrected chi connectivity index (χ1v) is 8.30. The van der Waals surface area contributed by atoms with Crippen molar-refractivity contribution in [3.8, 4) is 0 Å². The molecular weight excluding hydrogens is 300 g/mol. The predicted molar refractivity (Wildman–Crippen MR) is 78.6 cm³/mol. The Labute approximate surface area is 124 Å². The van der Waals surface area contributed by atoms with Gasteiger partial charge in [-0.2, -0.15) is 17.4 Å². The van der Waals surface area contributed by atoms with Crippen molar-refractivity contribution >= 4 is 21.8 Å². The van der Waals surface area contributed by atoms with Gasteiger partial charge in [0, 0.05) is 25.2 Å². The maximum absolute atomic E-state index is 12.1. The molecule has 1 aromatic carbocycles. The summed E-state index contributed by atoms with van der Waals surface area (Å²) in [7, 11) is -2.09. The number of benzene rings is 1. The normalized spacial score (nSPS) is 18.0. The van der Waals surface area contributed by atoms with E-state index in [1.165, 1.54) is 11.4 Å². The predicted octanol–water partition coefficient (Wildman–Crippen LogP) is 1.52. The third-order valence-electron chi connectivity index (χ3n) is 3.60. The number of nitrogens with one attached hydrogen (secondary N) is 1. The molecule has 0 aliphatic heterocycles. The Balaban J connectivity index is 1.92. The van der Waals surface area contributed by atoms with Crippen molar-refractivity contribution in [2.24, 2.45) is 0 Å². The summed E-state index contributed by atoms with van der Waals surface area (Å²) in [6.07, 6.45) is 2.24. The van der Waals surface area contributed by atoms with Crippen molar-refractivity contribution in [3.05, 3.63) is 34.9 Å². The van der Waals surface area contributed by atoms with E-state index in [-0.39, 0.29) is 13.1 Å². The van der Waals surface area contributed by atoms with Gasteiger partial charge in [-0.25, -0.2) is 0 Å². The zero-order chi connectivity index (χ0) is 14.8. The Morgan fingerprint density at radius 2 is 1.95 bits per heavy atom. The van der Waals surface area contributed by atoms with Crippen LogP contribution in [-0.4, -0.2) is 37.0 Å². The van der Waals surface area contributed by atoms with Gasteiger partial charge in [0.15, 0.2) is 0 Å².